The number of nitrogens with zero attached hydrogens (tertiary/aromatic N) is 6. The van der Waals surface area contributed by atoms with Crippen LogP contribution in [0.4, 0.5) is 4.39 Å². The van der Waals surface area contributed by atoms with E-state index in [0.29, 0.717) is 39.7 Å². The Balaban J connectivity index is 1.44. The summed E-state index contributed by atoms with van der Waals surface area (Å²) in [6, 6.07) is 47.5. The van der Waals surface area contributed by atoms with E-state index in [1.165, 1.54) is 12.1 Å². The smallest absolute Gasteiger partial charge is 0.164 e. The van der Waals surface area contributed by atoms with Gasteiger partial charge in [0.1, 0.15) is 5.82 Å². The first-order valence-electron chi connectivity index (χ1n) is 15.3. The van der Waals surface area contributed by atoms with Crippen LogP contribution in [0.25, 0.3) is 72.8 Å². The monoisotopic (exact) mass is 618 g/mol. The molecule has 0 fully saturated rings. The lowest BCUT2D eigenvalue weighted by atomic mass is 9.98. The summed E-state index contributed by atoms with van der Waals surface area (Å²) in [6.45, 7) is 0. The van der Waals surface area contributed by atoms with E-state index in [0.717, 1.165) is 44.2 Å². The number of hydrogen-bond donors (Lipinski definition) is 0. The molecule has 6 aromatic carbocycles. The standard InChI is InChI=1S/C41H23FN6/c42-31-13-7-12-30(22-31)33-17-16-32(48-37-18-14-26(24-43)20-34(37)35-21-27(25-44)15-19-38(35)48)23-36(33)41-46-39(28-8-3-1-4-9-28)45-40(47-41)29-10-5-2-6-11-29/h1-23H. The molecular formula is C41H23FN6. The molecule has 6 nitrogen and oxygen atoms in total. The Morgan fingerprint density at radius 3 is 1.56 bits per heavy atom. The summed E-state index contributed by atoms with van der Waals surface area (Å²) in [7, 11) is 0. The average Bonchev–Trinajstić information content (AvgIpc) is 3.48. The van der Waals surface area contributed by atoms with Crippen LogP contribution in [0.3, 0.4) is 0 Å². The maximum absolute atomic E-state index is 14.6. The average molecular weight is 619 g/mol. The van der Waals surface area contributed by atoms with Gasteiger partial charge in [-0.2, -0.15) is 10.5 Å². The van der Waals surface area contributed by atoms with Crippen molar-refractivity contribution in [2.75, 3.05) is 0 Å². The third-order valence-electron chi connectivity index (χ3n) is 8.36. The second-order valence-corrected chi connectivity index (χ2v) is 11.3. The Kier molecular flexibility index (Phi) is 6.98. The highest BCUT2D eigenvalue weighted by Crippen LogP contribution is 2.38. The molecule has 2 heterocycles. The maximum atomic E-state index is 14.6. The number of hydrogen-bond acceptors (Lipinski definition) is 5. The first-order valence-corrected chi connectivity index (χ1v) is 15.3. The van der Waals surface area contributed by atoms with Gasteiger partial charge in [-0.15, -0.1) is 0 Å². The molecule has 224 valence electrons. The first kappa shape index (κ1) is 28.5. The minimum atomic E-state index is -0.350. The first-order chi connectivity index (χ1) is 23.6. The van der Waals surface area contributed by atoms with Crippen LogP contribution in [-0.2, 0) is 0 Å². The van der Waals surface area contributed by atoms with Crippen molar-refractivity contribution in [3.63, 3.8) is 0 Å². The summed E-state index contributed by atoms with van der Waals surface area (Å²) in [6.07, 6.45) is 0. The Labute approximate surface area is 275 Å². The van der Waals surface area contributed by atoms with E-state index >= 15 is 0 Å². The Morgan fingerprint density at radius 2 is 1.02 bits per heavy atom. The topological polar surface area (TPSA) is 91.2 Å². The lowest BCUT2D eigenvalue weighted by Gasteiger charge is -2.15. The van der Waals surface area contributed by atoms with Gasteiger partial charge >= 0.3 is 0 Å². The number of halogens is 1. The number of nitriles is 2. The summed E-state index contributed by atoms with van der Waals surface area (Å²) in [5.74, 6) is 1.11. The molecule has 0 aliphatic carbocycles. The highest BCUT2D eigenvalue weighted by atomic mass is 19.1. The number of benzene rings is 6. The minimum Gasteiger partial charge on any atom is -0.309 e. The van der Waals surface area contributed by atoms with Gasteiger partial charge < -0.3 is 4.57 Å². The maximum Gasteiger partial charge on any atom is 0.164 e. The predicted molar refractivity (Wildman–Crippen MR) is 185 cm³/mol. The number of fused-ring (bicyclic) bond motifs is 3. The normalized spacial score (nSPS) is 11.0. The molecule has 2 aromatic heterocycles. The molecule has 0 amide bonds. The lowest BCUT2D eigenvalue weighted by Crippen LogP contribution is -2.02. The zero-order chi connectivity index (χ0) is 32.6. The molecule has 7 heteroatoms. The van der Waals surface area contributed by atoms with Gasteiger partial charge in [-0.25, -0.2) is 19.3 Å². The molecule has 0 radical (unpaired) electrons. The third kappa shape index (κ3) is 5.02. The van der Waals surface area contributed by atoms with Gasteiger partial charge in [0, 0.05) is 33.2 Å². The fourth-order valence-electron chi connectivity index (χ4n) is 6.13. The van der Waals surface area contributed by atoms with Crippen LogP contribution in [0, 0.1) is 28.5 Å². The Morgan fingerprint density at radius 1 is 0.479 bits per heavy atom. The van der Waals surface area contributed by atoms with Crippen LogP contribution in [0.2, 0.25) is 0 Å². The van der Waals surface area contributed by atoms with Gasteiger partial charge in [0.15, 0.2) is 17.5 Å². The van der Waals surface area contributed by atoms with Gasteiger partial charge in [-0.05, 0) is 71.8 Å². The van der Waals surface area contributed by atoms with Crippen molar-refractivity contribution in [2.24, 2.45) is 0 Å². The van der Waals surface area contributed by atoms with Crippen LogP contribution in [-0.4, -0.2) is 19.5 Å². The third-order valence-corrected chi connectivity index (χ3v) is 8.36. The van der Waals surface area contributed by atoms with Gasteiger partial charge in [0.2, 0.25) is 0 Å². The molecule has 0 atom stereocenters. The number of aromatic nitrogens is 4. The van der Waals surface area contributed by atoms with Gasteiger partial charge in [-0.3, -0.25) is 0 Å². The molecule has 0 aliphatic rings. The van der Waals surface area contributed by atoms with Crippen molar-refractivity contribution < 1.29 is 4.39 Å². The molecule has 0 spiro atoms. The van der Waals surface area contributed by atoms with E-state index < -0.39 is 0 Å². The summed E-state index contributed by atoms with van der Waals surface area (Å²) < 4.78 is 16.7. The largest absolute Gasteiger partial charge is 0.309 e. The predicted octanol–water partition coefficient (Wildman–Crippen LogP) is 9.52. The van der Waals surface area contributed by atoms with Crippen molar-refractivity contribution >= 4 is 21.8 Å². The van der Waals surface area contributed by atoms with E-state index in [1.807, 2.05) is 109 Å². The van der Waals surface area contributed by atoms with Crippen molar-refractivity contribution in [3.8, 4) is 63.1 Å². The van der Waals surface area contributed by atoms with Crippen LogP contribution in [0.1, 0.15) is 11.1 Å². The number of rotatable bonds is 5. The van der Waals surface area contributed by atoms with E-state index in [4.69, 9.17) is 15.0 Å². The fraction of sp³-hybridized carbons (Fsp3) is 0. The van der Waals surface area contributed by atoms with E-state index in [2.05, 4.69) is 16.7 Å². The van der Waals surface area contributed by atoms with Crippen molar-refractivity contribution in [3.05, 3.63) is 156 Å². The van der Waals surface area contributed by atoms with Crippen molar-refractivity contribution in [2.45, 2.75) is 0 Å². The van der Waals surface area contributed by atoms with Gasteiger partial charge in [-0.1, -0.05) is 78.9 Å². The van der Waals surface area contributed by atoms with Gasteiger partial charge in [0.25, 0.3) is 0 Å². The lowest BCUT2D eigenvalue weighted by molar-refractivity contribution is 0.628. The van der Waals surface area contributed by atoms with Crippen molar-refractivity contribution in [1.29, 1.82) is 10.5 Å². The summed E-state index contributed by atoms with van der Waals surface area (Å²) in [4.78, 5) is 14.9. The SMILES string of the molecule is N#Cc1ccc2c(c1)c1cc(C#N)ccc1n2-c1ccc(-c2cccc(F)c2)c(-c2nc(-c3ccccc3)nc(-c3ccccc3)n2)c1. The Hall–Kier alpha value is -6.96. The summed E-state index contributed by atoms with van der Waals surface area (Å²) >= 11 is 0. The highest BCUT2D eigenvalue weighted by molar-refractivity contribution is 6.10. The molecule has 0 saturated heterocycles. The van der Waals surface area contributed by atoms with E-state index in [-0.39, 0.29) is 5.82 Å². The van der Waals surface area contributed by atoms with Gasteiger partial charge in [0.05, 0.1) is 34.3 Å². The Bertz CT molecular complexity index is 2470. The fourth-order valence-corrected chi connectivity index (χ4v) is 6.13. The molecule has 48 heavy (non-hydrogen) atoms. The molecule has 0 aliphatic heterocycles. The zero-order valence-electron chi connectivity index (χ0n) is 25.3. The van der Waals surface area contributed by atoms with Crippen LogP contribution < -0.4 is 0 Å². The second kappa shape index (κ2) is 11.8. The minimum absolute atomic E-state index is 0.350. The van der Waals surface area contributed by atoms with Crippen molar-refractivity contribution in [1.82, 2.24) is 19.5 Å². The quantitative estimate of drug-likeness (QED) is 0.192. The molecule has 0 unspecified atom stereocenters. The second-order valence-electron chi connectivity index (χ2n) is 11.3. The molecule has 8 aromatic rings. The van der Waals surface area contributed by atoms with E-state index in [1.54, 1.807) is 18.2 Å². The molecule has 0 bridgehead atoms. The zero-order valence-corrected chi connectivity index (χ0v) is 25.3. The van der Waals surface area contributed by atoms with Crippen LogP contribution >= 0.6 is 0 Å². The molecule has 8 rings (SSSR count). The molecular weight excluding hydrogens is 595 g/mol. The van der Waals surface area contributed by atoms with E-state index in [9.17, 15) is 14.9 Å². The van der Waals surface area contributed by atoms with Crippen LogP contribution in [0.5, 0.6) is 0 Å². The molecule has 0 saturated carbocycles. The summed E-state index contributed by atoms with van der Waals surface area (Å²) in [5, 5.41) is 21.1. The summed E-state index contributed by atoms with van der Waals surface area (Å²) in [5.41, 5.74) is 7.39. The highest BCUT2D eigenvalue weighted by Gasteiger charge is 2.20. The molecule has 0 N–H and O–H groups in total. The van der Waals surface area contributed by atoms with Crippen LogP contribution in [0.15, 0.2) is 140 Å².